The summed E-state index contributed by atoms with van der Waals surface area (Å²) >= 11 is 0. The van der Waals surface area contributed by atoms with Crippen molar-refractivity contribution in [1.82, 2.24) is 0 Å². The van der Waals surface area contributed by atoms with Gasteiger partial charge in [-0.05, 0) is 31.9 Å². The number of nitro groups is 1. The highest BCUT2D eigenvalue weighted by Gasteiger charge is 2.43. The third-order valence-corrected chi connectivity index (χ3v) is 3.53. The molecular weight excluding hydrogens is 274 g/mol. The molecular formula is C15H19NO5. The summed E-state index contributed by atoms with van der Waals surface area (Å²) in [5.74, 6) is 0.461. The van der Waals surface area contributed by atoms with Crippen LogP contribution in [0.15, 0.2) is 12.1 Å². The molecule has 2 atom stereocenters. The Balaban J connectivity index is 2.14. The van der Waals surface area contributed by atoms with Gasteiger partial charge in [-0.25, -0.2) is 0 Å². The quantitative estimate of drug-likeness (QED) is 0.595. The summed E-state index contributed by atoms with van der Waals surface area (Å²) in [5, 5.41) is 11.0. The standard InChI is InChI=1S/C15H19NO5/c1-4-5-20-15-12(17)8-14(15)21-13-7-11(16(18)19)9(2)6-10(13)3/h6-7,14-15H,4-5,8H2,1-3H3. The maximum absolute atomic E-state index is 11.5. The van der Waals surface area contributed by atoms with Crippen molar-refractivity contribution in [3.63, 3.8) is 0 Å². The molecule has 1 aromatic rings. The predicted octanol–water partition coefficient (Wildman–Crippen LogP) is 2.73. The van der Waals surface area contributed by atoms with Gasteiger partial charge < -0.3 is 9.47 Å². The molecule has 21 heavy (non-hydrogen) atoms. The van der Waals surface area contributed by atoms with Crippen molar-refractivity contribution in [3.8, 4) is 5.75 Å². The molecule has 114 valence electrons. The van der Waals surface area contributed by atoms with E-state index >= 15 is 0 Å². The Bertz CT molecular complexity index is 569. The number of nitrogens with zero attached hydrogens (tertiary/aromatic N) is 1. The molecule has 0 spiro atoms. The van der Waals surface area contributed by atoms with Gasteiger partial charge in [0.15, 0.2) is 11.9 Å². The Hall–Kier alpha value is -1.95. The van der Waals surface area contributed by atoms with Gasteiger partial charge >= 0.3 is 0 Å². The van der Waals surface area contributed by atoms with Crippen LogP contribution in [-0.2, 0) is 9.53 Å². The highest BCUT2D eigenvalue weighted by Crippen LogP contribution is 2.32. The van der Waals surface area contributed by atoms with Crippen LogP contribution in [0.2, 0.25) is 0 Å². The number of Topliss-reactive ketones (excluding diaryl/α,β-unsaturated/α-hetero) is 1. The van der Waals surface area contributed by atoms with Gasteiger partial charge in [0.05, 0.1) is 11.0 Å². The van der Waals surface area contributed by atoms with E-state index in [1.165, 1.54) is 6.07 Å². The molecule has 1 fully saturated rings. The number of benzene rings is 1. The zero-order chi connectivity index (χ0) is 15.6. The van der Waals surface area contributed by atoms with E-state index in [1.54, 1.807) is 13.0 Å². The number of carbonyl (C=O) groups excluding carboxylic acids is 1. The van der Waals surface area contributed by atoms with E-state index in [0.29, 0.717) is 17.9 Å². The molecule has 6 heteroatoms. The summed E-state index contributed by atoms with van der Waals surface area (Å²) in [4.78, 5) is 22.1. The van der Waals surface area contributed by atoms with Crippen LogP contribution in [0.4, 0.5) is 5.69 Å². The minimum absolute atomic E-state index is 0.0206. The molecule has 0 amide bonds. The summed E-state index contributed by atoms with van der Waals surface area (Å²) in [7, 11) is 0. The number of hydrogen-bond donors (Lipinski definition) is 0. The van der Waals surface area contributed by atoms with Crippen molar-refractivity contribution >= 4 is 11.5 Å². The molecule has 0 heterocycles. The number of ketones is 1. The number of carbonyl (C=O) groups is 1. The fourth-order valence-corrected chi connectivity index (χ4v) is 2.33. The number of rotatable bonds is 6. The Morgan fingerprint density at radius 2 is 2.05 bits per heavy atom. The Kier molecular flexibility index (Phi) is 4.57. The Morgan fingerprint density at radius 1 is 1.33 bits per heavy atom. The first-order chi connectivity index (χ1) is 9.93. The van der Waals surface area contributed by atoms with E-state index in [2.05, 4.69) is 0 Å². The second-order valence-corrected chi connectivity index (χ2v) is 5.28. The molecule has 0 saturated heterocycles. The van der Waals surface area contributed by atoms with Crippen LogP contribution in [0.5, 0.6) is 5.75 Å². The minimum atomic E-state index is -0.551. The zero-order valence-corrected chi connectivity index (χ0v) is 12.4. The van der Waals surface area contributed by atoms with Crippen molar-refractivity contribution in [2.24, 2.45) is 0 Å². The van der Waals surface area contributed by atoms with Gasteiger partial charge in [0, 0.05) is 18.6 Å². The fourth-order valence-electron chi connectivity index (χ4n) is 2.33. The molecule has 0 aliphatic heterocycles. The van der Waals surface area contributed by atoms with E-state index in [4.69, 9.17) is 9.47 Å². The second kappa shape index (κ2) is 6.22. The lowest BCUT2D eigenvalue weighted by Gasteiger charge is -2.35. The molecule has 0 radical (unpaired) electrons. The summed E-state index contributed by atoms with van der Waals surface area (Å²) in [6, 6.07) is 3.14. The van der Waals surface area contributed by atoms with Crippen LogP contribution in [0.3, 0.4) is 0 Å². The number of ether oxygens (including phenoxy) is 2. The SMILES string of the molecule is CCCOC1C(=O)CC1Oc1cc([N+](=O)[O-])c(C)cc1C. The Morgan fingerprint density at radius 3 is 2.62 bits per heavy atom. The molecule has 0 aromatic heterocycles. The van der Waals surface area contributed by atoms with Gasteiger partial charge in [-0.1, -0.05) is 6.92 Å². The molecule has 0 bridgehead atoms. The van der Waals surface area contributed by atoms with Crippen molar-refractivity contribution in [1.29, 1.82) is 0 Å². The lowest BCUT2D eigenvalue weighted by molar-refractivity contribution is -0.385. The summed E-state index contributed by atoms with van der Waals surface area (Å²) in [6.45, 7) is 5.99. The summed E-state index contributed by atoms with van der Waals surface area (Å²) in [5.41, 5.74) is 1.42. The van der Waals surface area contributed by atoms with Crippen LogP contribution in [-0.4, -0.2) is 29.5 Å². The third-order valence-electron chi connectivity index (χ3n) is 3.53. The molecule has 1 aliphatic rings. The predicted molar refractivity (Wildman–Crippen MR) is 76.6 cm³/mol. The maximum atomic E-state index is 11.5. The molecule has 1 aliphatic carbocycles. The van der Waals surface area contributed by atoms with Crippen molar-refractivity contribution in [3.05, 3.63) is 33.4 Å². The van der Waals surface area contributed by atoms with Crippen LogP contribution in [0.25, 0.3) is 0 Å². The molecule has 0 N–H and O–H groups in total. The third kappa shape index (κ3) is 3.21. The highest BCUT2D eigenvalue weighted by atomic mass is 16.6. The molecule has 1 saturated carbocycles. The van der Waals surface area contributed by atoms with Crippen LogP contribution in [0.1, 0.15) is 30.9 Å². The van der Waals surface area contributed by atoms with Gasteiger partial charge in [-0.15, -0.1) is 0 Å². The first kappa shape index (κ1) is 15.4. The van der Waals surface area contributed by atoms with Crippen LogP contribution in [0, 0.1) is 24.0 Å². The van der Waals surface area contributed by atoms with E-state index in [0.717, 1.165) is 12.0 Å². The number of aryl methyl sites for hydroxylation is 2. The second-order valence-electron chi connectivity index (χ2n) is 5.28. The average Bonchev–Trinajstić information content (AvgIpc) is 2.40. The van der Waals surface area contributed by atoms with E-state index in [9.17, 15) is 14.9 Å². The normalized spacial score (nSPS) is 21.0. The van der Waals surface area contributed by atoms with E-state index in [1.807, 2.05) is 13.8 Å². The van der Waals surface area contributed by atoms with Gasteiger partial charge in [0.25, 0.3) is 5.69 Å². The summed E-state index contributed by atoms with van der Waals surface area (Å²) < 4.78 is 11.2. The van der Waals surface area contributed by atoms with Crippen LogP contribution >= 0.6 is 0 Å². The monoisotopic (exact) mass is 293 g/mol. The van der Waals surface area contributed by atoms with Gasteiger partial charge in [0.1, 0.15) is 11.9 Å². The van der Waals surface area contributed by atoms with Crippen molar-refractivity contribution in [2.75, 3.05) is 6.61 Å². The van der Waals surface area contributed by atoms with Crippen LogP contribution < -0.4 is 4.74 Å². The largest absolute Gasteiger partial charge is 0.486 e. The fraction of sp³-hybridized carbons (Fsp3) is 0.533. The highest BCUT2D eigenvalue weighted by molar-refractivity contribution is 5.90. The smallest absolute Gasteiger partial charge is 0.276 e. The Labute approximate surface area is 123 Å². The lowest BCUT2D eigenvalue weighted by atomic mass is 9.89. The van der Waals surface area contributed by atoms with Gasteiger partial charge in [-0.3, -0.25) is 14.9 Å². The number of nitro benzene ring substituents is 1. The molecule has 2 unspecified atom stereocenters. The van der Waals surface area contributed by atoms with Crippen molar-refractivity contribution < 1.29 is 19.2 Å². The van der Waals surface area contributed by atoms with E-state index in [-0.39, 0.29) is 24.0 Å². The minimum Gasteiger partial charge on any atom is -0.486 e. The molecule has 6 nitrogen and oxygen atoms in total. The summed E-state index contributed by atoms with van der Waals surface area (Å²) in [6.07, 6.45) is 0.205. The maximum Gasteiger partial charge on any atom is 0.276 e. The number of hydrogen-bond acceptors (Lipinski definition) is 5. The van der Waals surface area contributed by atoms with E-state index < -0.39 is 11.0 Å². The average molecular weight is 293 g/mol. The molecule has 1 aromatic carbocycles. The lowest BCUT2D eigenvalue weighted by Crippen LogP contribution is -2.52. The van der Waals surface area contributed by atoms with Crippen molar-refractivity contribution in [2.45, 2.75) is 45.8 Å². The first-order valence-corrected chi connectivity index (χ1v) is 7.00. The van der Waals surface area contributed by atoms with Gasteiger partial charge in [0.2, 0.25) is 0 Å². The topological polar surface area (TPSA) is 78.7 Å². The van der Waals surface area contributed by atoms with Gasteiger partial charge in [-0.2, -0.15) is 0 Å². The molecule has 2 rings (SSSR count). The zero-order valence-electron chi connectivity index (χ0n) is 12.4. The first-order valence-electron chi connectivity index (χ1n) is 7.00.